The lowest BCUT2D eigenvalue weighted by Gasteiger charge is -2.28. The van der Waals surface area contributed by atoms with Crippen LogP contribution in [0, 0.1) is 13.8 Å². The van der Waals surface area contributed by atoms with Crippen molar-refractivity contribution in [1.29, 1.82) is 0 Å². The van der Waals surface area contributed by atoms with E-state index in [0.29, 0.717) is 0 Å². The summed E-state index contributed by atoms with van der Waals surface area (Å²) in [7, 11) is 0. The van der Waals surface area contributed by atoms with Crippen LogP contribution >= 0.6 is 0 Å². The van der Waals surface area contributed by atoms with Gasteiger partial charge in [0.1, 0.15) is 0 Å². The summed E-state index contributed by atoms with van der Waals surface area (Å²) in [6.45, 7) is 11.2. The first kappa shape index (κ1) is 13.1. The lowest BCUT2D eigenvalue weighted by molar-refractivity contribution is -0.119. The van der Waals surface area contributed by atoms with Crippen LogP contribution in [0.4, 0.5) is 5.69 Å². The van der Waals surface area contributed by atoms with E-state index in [4.69, 9.17) is 0 Å². The van der Waals surface area contributed by atoms with Gasteiger partial charge in [0.25, 0.3) is 0 Å². The van der Waals surface area contributed by atoms with Crippen molar-refractivity contribution in [2.45, 2.75) is 46.8 Å². The highest BCUT2D eigenvalue weighted by Crippen LogP contribution is 2.32. The summed E-state index contributed by atoms with van der Waals surface area (Å²) in [6.07, 6.45) is 0.136. The Balaban J connectivity index is 2.48. The van der Waals surface area contributed by atoms with E-state index in [-0.39, 0.29) is 18.1 Å². The van der Waals surface area contributed by atoms with E-state index in [9.17, 15) is 4.79 Å². The number of para-hydroxylation sites is 1. The maximum atomic E-state index is 12.5. The normalized spacial score (nSPS) is 24.9. The Kier molecular flexibility index (Phi) is 3.44. The largest absolute Gasteiger partial charge is 0.295 e. The number of anilines is 1. The van der Waals surface area contributed by atoms with Gasteiger partial charge in [0, 0.05) is 0 Å². The molecule has 0 spiro atoms. The number of hydrogen-bond donors (Lipinski definition) is 0. The van der Waals surface area contributed by atoms with Crippen molar-refractivity contribution in [2.75, 3.05) is 11.4 Å². The summed E-state index contributed by atoms with van der Waals surface area (Å²) in [4.78, 5) is 16.7. The molecular formula is C15H22N2O. The zero-order valence-corrected chi connectivity index (χ0v) is 11.9. The van der Waals surface area contributed by atoms with Gasteiger partial charge in [-0.3, -0.25) is 14.6 Å². The van der Waals surface area contributed by atoms with Crippen LogP contribution in [0.5, 0.6) is 0 Å². The number of benzene rings is 1. The third-order valence-corrected chi connectivity index (χ3v) is 3.99. The summed E-state index contributed by atoms with van der Waals surface area (Å²) in [5.74, 6) is 0.210. The van der Waals surface area contributed by atoms with Crippen molar-refractivity contribution in [1.82, 2.24) is 4.90 Å². The quantitative estimate of drug-likeness (QED) is 0.801. The van der Waals surface area contributed by atoms with Crippen molar-refractivity contribution in [3.05, 3.63) is 29.3 Å². The van der Waals surface area contributed by atoms with Crippen molar-refractivity contribution >= 4 is 11.6 Å². The van der Waals surface area contributed by atoms with Crippen LogP contribution in [0.3, 0.4) is 0 Å². The predicted octanol–water partition coefficient (Wildman–Crippen LogP) is 2.71. The van der Waals surface area contributed by atoms with Gasteiger partial charge < -0.3 is 0 Å². The van der Waals surface area contributed by atoms with Crippen molar-refractivity contribution in [3.8, 4) is 0 Å². The molecule has 1 amide bonds. The summed E-state index contributed by atoms with van der Waals surface area (Å²) >= 11 is 0. The first-order chi connectivity index (χ1) is 8.49. The fourth-order valence-corrected chi connectivity index (χ4v) is 3.02. The summed E-state index contributed by atoms with van der Waals surface area (Å²) < 4.78 is 0. The second-order valence-electron chi connectivity index (χ2n) is 5.09. The van der Waals surface area contributed by atoms with Gasteiger partial charge in [-0.2, -0.15) is 0 Å². The number of nitrogens with zero attached hydrogens (tertiary/aromatic N) is 2. The molecule has 1 aromatic carbocycles. The van der Waals surface area contributed by atoms with E-state index < -0.39 is 0 Å². The molecule has 0 radical (unpaired) electrons. The Hall–Kier alpha value is -1.35. The fourth-order valence-electron chi connectivity index (χ4n) is 3.02. The number of amides is 1. The topological polar surface area (TPSA) is 23.6 Å². The van der Waals surface area contributed by atoms with Gasteiger partial charge >= 0.3 is 0 Å². The first-order valence-electron chi connectivity index (χ1n) is 6.64. The second kappa shape index (κ2) is 4.73. The molecule has 1 aliphatic rings. The highest BCUT2D eigenvalue weighted by molar-refractivity contribution is 6.00. The molecule has 3 heteroatoms. The van der Waals surface area contributed by atoms with Crippen LogP contribution in [0.2, 0.25) is 0 Å². The lowest BCUT2D eigenvalue weighted by Crippen LogP contribution is -2.38. The second-order valence-corrected chi connectivity index (χ2v) is 5.09. The molecule has 0 aliphatic carbocycles. The SMILES string of the molecule is CCN1C(C)C(=O)N(c2c(C)cccc2C)C1C. The zero-order valence-electron chi connectivity index (χ0n) is 11.9. The Morgan fingerprint density at radius 1 is 1.17 bits per heavy atom. The minimum absolute atomic E-state index is 0.0241. The van der Waals surface area contributed by atoms with E-state index in [1.807, 2.05) is 17.9 Å². The smallest absolute Gasteiger partial charge is 0.245 e. The van der Waals surface area contributed by atoms with E-state index in [0.717, 1.165) is 12.2 Å². The van der Waals surface area contributed by atoms with Crippen LogP contribution < -0.4 is 4.90 Å². The van der Waals surface area contributed by atoms with E-state index in [2.05, 4.69) is 44.7 Å². The zero-order chi connectivity index (χ0) is 13.4. The number of hydrogen-bond acceptors (Lipinski definition) is 2. The summed E-state index contributed by atoms with van der Waals surface area (Å²) in [5, 5.41) is 0. The highest BCUT2D eigenvalue weighted by Gasteiger charge is 2.41. The minimum Gasteiger partial charge on any atom is -0.295 e. The molecule has 1 fully saturated rings. The van der Waals surface area contributed by atoms with E-state index in [1.165, 1.54) is 11.1 Å². The number of likely N-dealkylation sites (N-methyl/N-ethyl adjacent to an activating group) is 1. The van der Waals surface area contributed by atoms with Gasteiger partial charge in [0.2, 0.25) is 5.91 Å². The van der Waals surface area contributed by atoms with Crippen LogP contribution in [-0.2, 0) is 4.79 Å². The van der Waals surface area contributed by atoms with Gasteiger partial charge in [-0.05, 0) is 45.4 Å². The molecule has 0 saturated carbocycles. The number of rotatable bonds is 2. The third kappa shape index (κ3) is 1.83. The van der Waals surface area contributed by atoms with Crippen molar-refractivity contribution in [2.24, 2.45) is 0 Å². The van der Waals surface area contributed by atoms with Crippen LogP contribution in [0.25, 0.3) is 0 Å². The van der Waals surface area contributed by atoms with E-state index >= 15 is 0 Å². The van der Waals surface area contributed by atoms with Gasteiger partial charge in [0.15, 0.2) is 0 Å². The lowest BCUT2D eigenvalue weighted by atomic mass is 10.1. The molecule has 0 bridgehead atoms. The monoisotopic (exact) mass is 246 g/mol. The molecule has 1 saturated heterocycles. The van der Waals surface area contributed by atoms with Crippen LogP contribution in [0.15, 0.2) is 18.2 Å². The molecule has 2 rings (SSSR count). The molecule has 0 N–H and O–H groups in total. The average molecular weight is 246 g/mol. The molecular weight excluding hydrogens is 224 g/mol. The Bertz CT molecular complexity index is 449. The van der Waals surface area contributed by atoms with Gasteiger partial charge in [-0.15, -0.1) is 0 Å². The van der Waals surface area contributed by atoms with Crippen molar-refractivity contribution in [3.63, 3.8) is 0 Å². The minimum atomic E-state index is -0.0241. The Morgan fingerprint density at radius 3 is 2.17 bits per heavy atom. The first-order valence-corrected chi connectivity index (χ1v) is 6.64. The molecule has 2 atom stereocenters. The number of carbonyl (C=O) groups excluding carboxylic acids is 1. The van der Waals surface area contributed by atoms with Crippen molar-refractivity contribution < 1.29 is 4.79 Å². The van der Waals surface area contributed by atoms with Gasteiger partial charge in [-0.25, -0.2) is 0 Å². The standard InChI is InChI=1S/C15H22N2O/c1-6-16-12(4)15(18)17(13(16)5)14-10(2)8-7-9-11(14)3/h7-9,12-13H,6H2,1-5H3. The summed E-state index contributed by atoms with van der Waals surface area (Å²) in [5.41, 5.74) is 3.42. The molecule has 3 nitrogen and oxygen atoms in total. The molecule has 1 heterocycles. The Labute approximate surface area is 109 Å². The molecule has 1 aliphatic heterocycles. The average Bonchev–Trinajstić information content (AvgIpc) is 2.53. The molecule has 18 heavy (non-hydrogen) atoms. The fraction of sp³-hybridized carbons (Fsp3) is 0.533. The van der Waals surface area contributed by atoms with Gasteiger partial charge in [-0.1, -0.05) is 25.1 Å². The van der Waals surface area contributed by atoms with E-state index in [1.54, 1.807) is 0 Å². The number of carbonyl (C=O) groups is 1. The van der Waals surface area contributed by atoms with Crippen LogP contribution in [-0.4, -0.2) is 29.6 Å². The molecule has 0 aromatic heterocycles. The molecule has 2 unspecified atom stereocenters. The maximum Gasteiger partial charge on any atom is 0.245 e. The molecule has 98 valence electrons. The predicted molar refractivity (Wildman–Crippen MR) is 74.7 cm³/mol. The Morgan fingerprint density at radius 2 is 1.72 bits per heavy atom. The van der Waals surface area contributed by atoms with Gasteiger partial charge in [0.05, 0.1) is 17.9 Å². The van der Waals surface area contributed by atoms with Crippen LogP contribution in [0.1, 0.15) is 31.9 Å². The third-order valence-electron chi connectivity index (χ3n) is 3.99. The summed E-state index contributed by atoms with van der Waals surface area (Å²) in [6, 6.07) is 6.16. The number of aryl methyl sites for hydroxylation is 2. The maximum absolute atomic E-state index is 12.5. The highest BCUT2D eigenvalue weighted by atomic mass is 16.2. The molecule has 1 aromatic rings.